The molecule has 1 aliphatic rings. The summed E-state index contributed by atoms with van der Waals surface area (Å²) in [5.74, 6) is 0.903. The van der Waals surface area contributed by atoms with Crippen LogP contribution >= 0.6 is 0 Å². The summed E-state index contributed by atoms with van der Waals surface area (Å²) >= 11 is 0. The van der Waals surface area contributed by atoms with Gasteiger partial charge >= 0.3 is 0 Å². The molecule has 0 aromatic carbocycles. The fraction of sp³-hybridized carbons (Fsp3) is 0.615. The highest BCUT2D eigenvalue weighted by atomic mass is 16.3. The molecule has 0 atom stereocenters. The van der Waals surface area contributed by atoms with Gasteiger partial charge in [0.1, 0.15) is 5.82 Å². The van der Waals surface area contributed by atoms with Crippen LogP contribution < -0.4 is 5.32 Å². The first-order valence-corrected chi connectivity index (χ1v) is 6.32. The maximum absolute atomic E-state index is 9.11. The zero-order valence-corrected chi connectivity index (χ0v) is 10.4. The predicted octanol–water partition coefficient (Wildman–Crippen LogP) is 1.47. The maximum atomic E-state index is 9.11. The van der Waals surface area contributed by atoms with Crippen molar-refractivity contribution in [2.24, 2.45) is 0 Å². The van der Waals surface area contributed by atoms with Crippen molar-refractivity contribution in [3.63, 3.8) is 0 Å². The Bertz CT molecular complexity index is 352. The Balaban J connectivity index is 2.00. The number of aliphatic hydroxyl groups excluding tert-OH is 1. The van der Waals surface area contributed by atoms with Gasteiger partial charge in [-0.2, -0.15) is 0 Å². The topological polar surface area (TPSA) is 48.4 Å². The molecule has 0 aliphatic heterocycles. The lowest BCUT2D eigenvalue weighted by Gasteiger charge is -2.37. The van der Waals surface area contributed by atoms with Crippen molar-refractivity contribution in [1.82, 2.24) is 9.88 Å². The number of hydrogen-bond donors (Lipinski definition) is 2. The van der Waals surface area contributed by atoms with Gasteiger partial charge in [-0.05, 0) is 25.0 Å². The largest absolute Gasteiger partial charge is 0.395 e. The standard InChI is InChI=1S/C13H21N3O/c1-14-13-7-2-4-11(15-13)10-16(8-9-17)12-5-3-6-12/h2,4,7,12,17H,3,5-6,8-10H2,1H3,(H,14,15). The van der Waals surface area contributed by atoms with Gasteiger partial charge in [0.25, 0.3) is 0 Å². The van der Waals surface area contributed by atoms with Gasteiger partial charge in [-0.3, -0.25) is 4.90 Å². The summed E-state index contributed by atoms with van der Waals surface area (Å²) in [6.45, 7) is 1.80. The molecule has 0 radical (unpaired) electrons. The Kier molecular flexibility index (Phi) is 4.34. The van der Waals surface area contributed by atoms with Gasteiger partial charge in [0.05, 0.1) is 12.3 Å². The maximum Gasteiger partial charge on any atom is 0.126 e. The molecule has 0 saturated heterocycles. The summed E-state index contributed by atoms with van der Waals surface area (Å²) in [4.78, 5) is 6.86. The monoisotopic (exact) mass is 235 g/mol. The number of aliphatic hydroxyl groups is 1. The highest BCUT2D eigenvalue weighted by Gasteiger charge is 2.24. The molecule has 1 aliphatic carbocycles. The van der Waals surface area contributed by atoms with Gasteiger partial charge < -0.3 is 10.4 Å². The summed E-state index contributed by atoms with van der Waals surface area (Å²) in [5, 5.41) is 12.2. The van der Waals surface area contributed by atoms with E-state index in [-0.39, 0.29) is 6.61 Å². The number of aromatic nitrogens is 1. The molecule has 1 aromatic heterocycles. The summed E-state index contributed by atoms with van der Waals surface area (Å²) in [6, 6.07) is 6.67. The Labute approximate surface area is 103 Å². The van der Waals surface area contributed by atoms with Gasteiger partial charge in [0.15, 0.2) is 0 Å². The molecule has 1 saturated carbocycles. The molecule has 1 fully saturated rings. The first-order valence-electron chi connectivity index (χ1n) is 6.32. The van der Waals surface area contributed by atoms with Crippen molar-refractivity contribution in [2.45, 2.75) is 31.8 Å². The quantitative estimate of drug-likeness (QED) is 0.784. The van der Waals surface area contributed by atoms with E-state index in [1.165, 1.54) is 19.3 Å². The van der Waals surface area contributed by atoms with Crippen LogP contribution in [0.2, 0.25) is 0 Å². The van der Waals surface area contributed by atoms with E-state index < -0.39 is 0 Å². The SMILES string of the molecule is CNc1cccc(CN(CCO)C2CCC2)n1. The zero-order chi connectivity index (χ0) is 12.1. The third-order valence-corrected chi connectivity index (χ3v) is 3.41. The van der Waals surface area contributed by atoms with Crippen LogP contribution in [0.5, 0.6) is 0 Å². The molecule has 94 valence electrons. The molecule has 4 nitrogen and oxygen atoms in total. The van der Waals surface area contributed by atoms with Gasteiger partial charge in [0, 0.05) is 26.2 Å². The van der Waals surface area contributed by atoms with Gasteiger partial charge in [0.2, 0.25) is 0 Å². The summed E-state index contributed by atoms with van der Waals surface area (Å²) in [7, 11) is 1.88. The van der Waals surface area contributed by atoms with E-state index in [1.807, 2.05) is 25.2 Å². The van der Waals surface area contributed by atoms with E-state index >= 15 is 0 Å². The minimum Gasteiger partial charge on any atom is -0.395 e. The highest BCUT2D eigenvalue weighted by molar-refractivity contribution is 5.34. The fourth-order valence-electron chi connectivity index (χ4n) is 2.19. The molecule has 17 heavy (non-hydrogen) atoms. The van der Waals surface area contributed by atoms with Crippen molar-refractivity contribution in [1.29, 1.82) is 0 Å². The molecule has 1 heterocycles. The normalized spacial score (nSPS) is 15.9. The van der Waals surface area contributed by atoms with Gasteiger partial charge in [-0.15, -0.1) is 0 Å². The summed E-state index contributed by atoms with van der Waals surface area (Å²) < 4.78 is 0. The molecule has 0 unspecified atom stereocenters. The Morgan fingerprint density at radius 3 is 2.88 bits per heavy atom. The van der Waals surface area contributed by atoms with Crippen molar-refractivity contribution in [2.75, 3.05) is 25.5 Å². The lowest BCUT2D eigenvalue weighted by molar-refractivity contribution is 0.0934. The third kappa shape index (κ3) is 3.17. The number of nitrogens with one attached hydrogen (secondary N) is 1. The summed E-state index contributed by atoms with van der Waals surface area (Å²) in [6.07, 6.45) is 3.83. The van der Waals surface area contributed by atoms with Gasteiger partial charge in [-0.1, -0.05) is 12.5 Å². The van der Waals surface area contributed by atoms with E-state index in [9.17, 15) is 0 Å². The average Bonchev–Trinajstić information content (AvgIpc) is 2.27. The Morgan fingerprint density at radius 1 is 1.47 bits per heavy atom. The molecule has 2 N–H and O–H groups in total. The lowest BCUT2D eigenvalue weighted by Crippen LogP contribution is -2.41. The summed E-state index contributed by atoms with van der Waals surface area (Å²) in [5.41, 5.74) is 1.07. The average molecular weight is 235 g/mol. The first kappa shape index (κ1) is 12.3. The number of rotatable bonds is 6. The van der Waals surface area contributed by atoms with E-state index in [1.54, 1.807) is 0 Å². The van der Waals surface area contributed by atoms with Crippen LogP contribution in [0.1, 0.15) is 25.0 Å². The smallest absolute Gasteiger partial charge is 0.126 e. The van der Waals surface area contributed by atoms with E-state index in [0.717, 1.165) is 24.6 Å². The number of anilines is 1. The highest BCUT2D eigenvalue weighted by Crippen LogP contribution is 2.25. The van der Waals surface area contributed by atoms with Crippen molar-refractivity contribution >= 4 is 5.82 Å². The molecule has 1 aromatic rings. The van der Waals surface area contributed by atoms with E-state index in [2.05, 4.69) is 15.2 Å². The van der Waals surface area contributed by atoms with Gasteiger partial charge in [-0.25, -0.2) is 4.98 Å². The molecular formula is C13H21N3O. The zero-order valence-electron chi connectivity index (χ0n) is 10.4. The van der Waals surface area contributed by atoms with E-state index in [4.69, 9.17) is 5.11 Å². The fourth-order valence-corrected chi connectivity index (χ4v) is 2.19. The predicted molar refractivity (Wildman–Crippen MR) is 68.9 cm³/mol. The molecule has 0 amide bonds. The van der Waals surface area contributed by atoms with Crippen molar-refractivity contribution in [3.8, 4) is 0 Å². The van der Waals surface area contributed by atoms with Crippen LogP contribution in [-0.4, -0.2) is 41.2 Å². The lowest BCUT2D eigenvalue weighted by atomic mass is 9.91. The molecule has 4 heteroatoms. The molecule has 0 bridgehead atoms. The van der Waals surface area contributed by atoms with Crippen LogP contribution in [0.3, 0.4) is 0 Å². The van der Waals surface area contributed by atoms with Crippen LogP contribution in [0.25, 0.3) is 0 Å². The second-order valence-electron chi connectivity index (χ2n) is 4.54. The van der Waals surface area contributed by atoms with Crippen LogP contribution in [0, 0.1) is 0 Å². The van der Waals surface area contributed by atoms with Crippen molar-refractivity contribution < 1.29 is 5.11 Å². The number of pyridine rings is 1. The van der Waals surface area contributed by atoms with Crippen LogP contribution in [0.15, 0.2) is 18.2 Å². The second kappa shape index (κ2) is 5.98. The minimum absolute atomic E-state index is 0.224. The minimum atomic E-state index is 0.224. The number of hydrogen-bond acceptors (Lipinski definition) is 4. The second-order valence-corrected chi connectivity index (χ2v) is 4.54. The first-order chi connectivity index (χ1) is 8.33. The van der Waals surface area contributed by atoms with E-state index in [0.29, 0.717) is 6.04 Å². The molecule has 0 spiro atoms. The van der Waals surface area contributed by atoms with Crippen LogP contribution in [-0.2, 0) is 6.54 Å². The Hall–Kier alpha value is -1.13. The molecular weight excluding hydrogens is 214 g/mol. The third-order valence-electron chi connectivity index (χ3n) is 3.41. The van der Waals surface area contributed by atoms with Crippen molar-refractivity contribution in [3.05, 3.63) is 23.9 Å². The Morgan fingerprint density at radius 2 is 2.29 bits per heavy atom. The molecule has 2 rings (SSSR count). The van der Waals surface area contributed by atoms with Crippen LogP contribution in [0.4, 0.5) is 5.82 Å². The number of nitrogens with zero attached hydrogens (tertiary/aromatic N) is 2.